The van der Waals surface area contributed by atoms with Crippen LogP contribution in [0.25, 0.3) is 0 Å². The maximum atomic E-state index is 14.0. The monoisotopic (exact) mass is 276 g/mol. The molecule has 0 amide bonds. The predicted octanol–water partition coefficient (Wildman–Crippen LogP) is 2.11. The maximum absolute atomic E-state index is 14.0. The zero-order chi connectivity index (χ0) is 14.4. The van der Waals surface area contributed by atoms with Crippen LogP contribution in [-0.2, 0) is 0 Å². The van der Waals surface area contributed by atoms with Gasteiger partial charge in [0, 0.05) is 18.8 Å². The van der Waals surface area contributed by atoms with Crippen LogP contribution in [0, 0.1) is 5.82 Å². The van der Waals surface area contributed by atoms with Crippen LogP contribution < -0.4 is 15.4 Å². The van der Waals surface area contributed by atoms with Crippen LogP contribution in [-0.4, -0.2) is 30.2 Å². The summed E-state index contributed by atoms with van der Waals surface area (Å²) < 4.78 is 19.1. The Hall–Kier alpha value is -2.21. The lowest BCUT2D eigenvalue weighted by Crippen LogP contribution is -2.24. The second-order valence-corrected chi connectivity index (χ2v) is 4.14. The summed E-state index contributed by atoms with van der Waals surface area (Å²) in [7, 11) is 1.53. The van der Waals surface area contributed by atoms with Crippen LogP contribution >= 0.6 is 0 Å². The summed E-state index contributed by atoms with van der Waals surface area (Å²) in [6.45, 7) is 1.04. The molecule has 0 bridgehead atoms. The molecule has 0 atom stereocenters. The van der Waals surface area contributed by atoms with E-state index < -0.39 is 0 Å². The molecule has 1 heterocycles. The zero-order valence-corrected chi connectivity index (χ0v) is 11.3. The number of nitrogens with zero attached hydrogens (tertiary/aromatic N) is 3. The lowest BCUT2D eigenvalue weighted by atomic mass is 10.2. The second kappa shape index (κ2) is 6.81. The van der Waals surface area contributed by atoms with Crippen molar-refractivity contribution in [2.24, 2.45) is 5.73 Å². The van der Waals surface area contributed by atoms with E-state index in [0.717, 1.165) is 0 Å². The number of aromatic nitrogens is 2. The molecular formula is C14H17FN4O. The van der Waals surface area contributed by atoms with Gasteiger partial charge in [-0.15, -0.1) is 0 Å². The molecule has 0 aliphatic heterocycles. The Bertz CT molecular complexity index is 564. The summed E-state index contributed by atoms with van der Waals surface area (Å²) in [6, 6.07) is 8.16. The van der Waals surface area contributed by atoms with Gasteiger partial charge in [-0.05, 0) is 25.1 Å². The second-order valence-electron chi connectivity index (χ2n) is 4.14. The number of nitrogens with two attached hydrogens (primary N) is 1. The summed E-state index contributed by atoms with van der Waals surface area (Å²) >= 11 is 0. The van der Waals surface area contributed by atoms with Crippen LogP contribution in [0.5, 0.6) is 5.88 Å². The third-order valence-corrected chi connectivity index (χ3v) is 2.80. The van der Waals surface area contributed by atoms with Crippen molar-refractivity contribution in [3.8, 4) is 5.88 Å². The van der Waals surface area contributed by atoms with E-state index in [-0.39, 0.29) is 5.82 Å². The molecule has 1 aromatic heterocycles. The molecule has 0 aliphatic rings. The quantitative estimate of drug-likeness (QED) is 0.875. The van der Waals surface area contributed by atoms with E-state index in [9.17, 15) is 4.39 Å². The number of ether oxygens (including phenoxy) is 1. The van der Waals surface area contributed by atoms with Crippen LogP contribution in [0.15, 0.2) is 36.5 Å². The highest BCUT2D eigenvalue weighted by molar-refractivity contribution is 5.58. The normalized spacial score (nSPS) is 10.3. The molecule has 2 rings (SSSR count). The van der Waals surface area contributed by atoms with E-state index >= 15 is 0 Å². The third kappa shape index (κ3) is 3.21. The molecule has 106 valence electrons. The van der Waals surface area contributed by atoms with E-state index in [2.05, 4.69) is 9.97 Å². The van der Waals surface area contributed by atoms with Crippen molar-refractivity contribution < 1.29 is 9.13 Å². The molecule has 0 saturated carbocycles. The first-order valence-electron chi connectivity index (χ1n) is 6.35. The zero-order valence-electron chi connectivity index (χ0n) is 11.3. The average molecular weight is 276 g/mol. The fourth-order valence-electron chi connectivity index (χ4n) is 1.82. The van der Waals surface area contributed by atoms with Gasteiger partial charge in [0.2, 0.25) is 11.8 Å². The van der Waals surface area contributed by atoms with Crippen molar-refractivity contribution in [1.82, 2.24) is 9.97 Å². The minimum Gasteiger partial charge on any atom is -0.481 e. The van der Waals surface area contributed by atoms with Gasteiger partial charge < -0.3 is 15.4 Å². The van der Waals surface area contributed by atoms with E-state index in [1.54, 1.807) is 35.4 Å². The lowest BCUT2D eigenvalue weighted by Gasteiger charge is -2.23. The Morgan fingerprint density at radius 1 is 1.30 bits per heavy atom. The molecule has 0 fully saturated rings. The van der Waals surface area contributed by atoms with Gasteiger partial charge in [-0.2, -0.15) is 4.98 Å². The van der Waals surface area contributed by atoms with Crippen molar-refractivity contribution >= 4 is 11.6 Å². The van der Waals surface area contributed by atoms with Crippen molar-refractivity contribution in [2.75, 3.05) is 25.1 Å². The summed E-state index contributed by atoms with van der Waals surface area (Å²) in [5.74, 6) is 0.503. The first kappa shape index (κ1) is 14.2. The summed E-state index contributed by atoms with van der Waals surface area (Å²) in [5.41, 5.74) is 5.97. The number of benzene rings is 1. The van der Waals surface area contributed by atoms with Crippen LogP contribution in [0.2, 0.25) is 0 Å². The molecule has 1 aromatic carbocycles. The number of para-hydroxylation sites is 1. The molecule has 5 nitrogen and oxygen atoms in total. The number of methoxy groups -OCH3 is 1. The van der Waals surface area contributed by atoms with Gasteiger partial charge in [0.1, 0.15) is 5.82 Å². The van der Waals surface area contributed by atoms with Gasteiger partial charge in [-0.25, -0.2) is 9.37 Å². The molecule has 0 aliphatic carbocycles. The van der Waals surface area contributed by atoms with Gasteiger partial charge in [0.25, 0.3) is 0 Å². The number of halogens is 1. The van der Waals surface area contributed by atoms with Crippen molar-refractivity contribution in [3.05, 3.63) is 42.3 Å². The smallest absolute Gasteiger partial charge is 0.233 e. The molecule has 2 N–H and O–H groups in total. The maximum Gasteiger partial charge on any atom is 0.233 e. The minimum absolute atomic E-state index is 0.323. The number of hydrogen-bond donors (Lipinski definition) is 1. The summed E-state index contributed by atoms with van der Waals surface area (Å²) in [6.07, 6.45) is 2.28. The van der Waals surface area contributed by atoms with Crippen molar-refractivity contribution in [3.63, 3.8) is 0 Å². The highest BCUT2D eigenvalue weighted by atomic mass is 19.1. The first-order valence-corrected chi connectivity index (χ1v) is 6.35. The minimum atomic E-state index is -0.323. The van der Waals surface area contributed by atoms with Gasteiger partial charge in [0.15, 0.2) is 0 Å². The fourth-order valence-corrected chi connectivity index (χ4v) is 1.82. The van der Waals surface area contributed by atoms with Crippen LogP contribution in [0.4, 0.5) is 16.0 Å². The Kier molecular flexibility index (Phi) is 4.84. The third-order valence-electron chi connectivity index (χ3n) is 2.80. The van der Waals surface area contributed by atoms with Gasteiger partial charge in [-0.1, -0.05) is 12.1 Å². The highest BCUT2D eigenvalue weighted by Crippen LogP contribution is 2.26. The average Bonchev–Trinajstić information content (AvgIpc) is 2.49. The number of anilines is 2. The van der Waals surface area contributed by atoms with Crippen LogP contribution in [0.1, 0.15) is 6.42 Å². The number of rotatable bonds is 6. The largest absolute Gasteiger partial charge is 0.481 e. The summed E-state index contributed by atoms with van der Waals surface area (Å²) in [5, 5.41) is 0. The molecule has 0 spiro atoms. The van der Waals surface area contributed by atoms with E-state index in [1.165, 1.54) is 13.2 Å². The fraction of sp³-hybridized carbons (Fsp3) is 0.286. The lowest BCUT2D eigenvalue weighted by molar-refractivity contribution is 0.397. The van der Waals surface area contributed by atoms with E-state index in [0.29, 0.717) is 37.0 Å². The molecule has 2 aromatic rings. The molecule has 6 heteroatoms. The van der Waals surface area contributed by atoms with E-state index in [4.69, 9.17) is 10.5 Å². The molecule has 0 radical (unpaired) electrons. The van der Waals surface area contributed by atoms with Crippen molar-refractivity contribution in [1.29, 1.82) is 0 Å². The Morgan fingerprint density at radius 3 is 2.80 bits per heavy atom. The van der Waals surface area contributed by atoms with Crippen molar-refractivity contribution in [2.45, 2.75) is 6.42 Å². The molecule has 20 heavy (non-hydrogen) atoms. The van der Waals surface area contributed by atoms with Gasteiger partial charge >= 0.3 is 0 Å². The number of hydrogen-bond acceptors (Lipinski definition) is 5. The first-order chi connectivity index (χ1) is 9.76. The topological polar surface area (TPSA) is 64.3 Å². The molecule has 0 unspecified atom stereocenters. The molecular weight excluding hydrogens is 259 g/mol. The Labute approximate surface area is 117 Å². The predicted molar refractivity (Wildman–Crippen MR) is 75.7 cm³/mol. The summed E-state index contributed by atoms with van der Waals surface area (Å²) in [4.78, 5) is 10.1. The van der Waals surface area contributed by atoms with E-state index in [1.807, 2.05) is 0 Å². The van der Waals surface area contributed by atoms with Gasteiger partial charge in [-0.3, -0.25) is 0 Å². The Morgan fingerprint density at radius 2 is 2.10 bits per heavy atom. The van der Waals surface area contributed by atoms with Crippen LogP contribution in [0.3, 0.4) is 0 Å². The highest BCUT2D eigenvalue weighted by Gasteiger charge is 2.16. The molecule has 0 saturated heterocycles. The Balaban J connectivity index is 2.38. The standard InChI is InChI=1S/C14H17FN4O/c1-20-13-7-9-17-14(18-13)19(10-4-8-16)12-6-3-2-5-11(12)15/h2-3,5-7,9H,4,8,10,16H2,1H3. The van der Waals surface area contributed by atoms with Gasteiger partial charge in [0.05, 0.1) is 12.8 Å². The SMILES string of the molecule is COc1ccnc(N(CCCN)c2ccccc2F)n1.